The van der Waals surface area contributed by atoms with Gasteiger partial charge in [-0.1, -0.05) is 29.8 Å². The molecular formula is C12H16ClNO3. The summed E-state index contributed by atoms with van der Waals surface area (Å²) < 4.78 is 0. The molecule has 5 heteroatoms. The average Bonchev–Trinajstić information content (AvgIpc) is 2.30. The van der Waals surface area contributed by atoms with E-state index in [1.54, 1.807) is 24.3 Å². The van der Waals surface area contributed by atoms with Crippen LogP contribution in [0.5, 0.6) is 0 Å². The van der Waals surface area contributed by atoms with E-state index in [4.69, 9.17) is 16.7 Å². The summed E-state index contributed by atoms with van der Waals surface area (Å²) in [5.41, 5.74) is -0.564. The van der Waals surface area contributed by atoms with Crippen molar-refractivity contribution < 1.29 is 15.0 Å². The van der Waals surface area contributed by atoms with Crippen LogP contribution in [0.4, 0.5) is 0 Å². The van der Waals surface area contributed by atoms with E-state index in [9.17, 15) is 9.90 Å². The van der Waals surface area contributed by atoms with Crippen molar-refractivity contribution in [2.45, 2.75) is 18.9 Å². The molecule has 0 fully saturated rings. The summed E-state index contributed by atoms with van der Waals surface area (Å²) in [4.78, 5) is 11.6. The third-order valence-electron chi connectivity index (χ3n) is 2.32. The molecule has 1 unspecified atom stereocenters. The third kappa shape index (κ3) is 4.73. The summed E-state index contributed by atoms with van der Waals surface area (Å²) in [6.45, 7) is 1.05. The highest BCUT2D eigenvalue weighted by molar-refractivity contribution is 6.31. The van der Waals surface area contributed by atoms with Crippen molar-refractivity contribution in [3.63, 3.8) is 0 Å². The van der Waals surface area contributed by atoms with E-state index in [1.807, 2.05) is 0 Å². The molecule has 0 saturated carbocycles. The Morgan fingerprint density at radius 2 is 2.12 bits per heavy atom. The SMILES string of the molecule is CC(O)(CO)CNC(=O)Cc1ccccc1Cl. The number of aliphatic hydroxyl groups excluding tert-OH is 1. The van der Waals surface area contributed by atoms with Gasteiger partial charge in [0.25, 0.3) is 0 Å². The normalized spacial score (nSPS) is 14.1. The predicted octanol–water partition coefficient (Wildman–Crippen LogP) is 0.742. The maximum absolute atomic E-state index is 11.6. The topological polar surface area (TPSA) is 69.6 Å². The van der Waals surface area contributed by atoms with Gasteiger partial charge in [0.05, 0.1) is 13.0 Å². The van der Waals surface area contributed by atoms with Crippen LogP contribution >= 0.6 is 11.6 Å². The molecule has 1 rings (SSSR count). The Balaban J connectivity index is 2.48. The lowest BCUT2D eigenvalue weighted by Crippen LogP contribution is -2.43. The summed E-state index contributed by atoms with van der Waals surface area (Å²) in [6.07, 6.45) is 0.154. The first-order chi connectivity index (χ1) is 7.94. The van der Waals surface area contributed by atoms with Crippen molar-refractivity contribution in [2.24, 2.45) is 0 Å². The molecule has 0 aliphatic heterocycles. The molecule has 0 radical (unpaired) electrons. The zero-order valence-corrected chi connectivity index (χ0v) is 10.4. The lowest BCUT2D eigenvalue weighted by Gasteiger charge is -2.20. The second-order valence-corrected chi connectivity index (χ2v) is 4.61. The molecule has 0 spiro atoms. The van der Waals surface area contributed by atoms with Gasteiger partial charge < -0.3 is 15.5 Å². The van der Waals surface area contributed by atoms with Crippen LogP contribution in [0.15, 0.2) is 24.3 Å². The Kier molecular flexibility index (Phi) is 4.93. The molecule has 4 nitrogen and oxygen atoms in total. The van der Waals surface area contributed by atoms with Crippen LogP contribution in [0.3, 0.4) is 0 Å². The van der Waals surface area contributed by atoms with Gasteiger partial charge >= 0.3 is 0 Å². The number of benzene rings is 1. The summed E-state index contributed by atoms with van der Waals surface area (Å²) in [5, 5.41) is 21.4. The number of carbonyl (C=O) groups excluding carboxylic acids is 1. The monoisotopic (exact) mass is 257 g/mol. The Hall–Kier alpha value is -1.10. The van der Waals surface area contributed by atoms with Gasteiger partial charge in [0.1, 0.15) is 5.60 Å². The van der Waals surface area contributed by atoms with E-state index in [-0.39, 0.29) is 18.9 Å². The van der Waals surface area contributed by atoms with E-state index in [0.717, 1.165) is 5.56 Å². The van der Waals surface area contributed by atoms with Gasteiger partial charge in [-0.2, -0.15) is 0 Å². The molecule has 94 valence electrons. The first kappa shape index (κ1) is 14.0. The number of nitrogens with one attached hydrogen (secondary N) is 1. The zero-order valence-electron chi connectivity index (χ0n) is 9.61. The third-order valence-corrected chi connectivity index (χ3v) is 2.68. The highest BCUT2D eigenvalue weighted by Gasteiger charge is 2.19. The minimum absolute atomic E-state index is 0.00673. The largest absolute Gasteiger partial charge is 0.393 e. The van der Waals surface area contributed by atoms with Crippen LogP contribution in [0.25, 0.3) is 0 Å². The number of hydrogen-bond acceptors (Lipinski definition) is 3. The molecule has 1 aromatic carbocycles. The molecule has 1 amide bonds. The molecule has 0 aromatic heterocycles. The second kappa shape index (κ2) is 6.00. The van der Waals surface area contributed by atoms with Gasteiger partial charge in [-0.25, -0.2) is 0 Å². The molecule has 1 atom stereocenters. The Bertz CT molecular complexity index is 393. The Morgan fingerprint density at radius 1 is 1.47 bits per heavy atom. The molecular weight excluding hydrogens is 242 g/mol. The number of rotatable bonds is 5. The lowest BCUT2D eigenvalue weighted by atomic mass is 10.1. The highest BCUT2D eigenvalue weighted by Crippen LogP contribution is 2.15. The maximum Gasteiger partial charge on any atom is 0.224 e. The summed E-state index contributed by atoms with van der Waals surface area (Å²) in [7, 11) is 0. The minimum atomic E-state index is -1.30. The fourth-order valence-corrected chi connectivity index (χ4v) is 1.42. The fourth-order valence-electron chi connectivity index (χ4n) is 1.22. The number of halogens is 1. The minimum Gasteiger partial charge on any atom is -0.393 e. The van der Waals surface area contributed by atoms with Crippen molar-refractivity contribution in [1.82, 2.24) is 5.32 Å². The molecule has 0 aliphatic rings. The first-order valence-corrected chi connectivity index (χ1v) is 5.66. The Labute approximate surface area is 105 Å². The smallest absolute Gasteiger partial charge is 0.224 e. The number of aliphatic hydroxyl groups is 2. The van der Waals surface area contributed by atoms with E-state index < -0.39 is 12.2 Å². The van der Waals surface area contributed by atoms with E-state index in [1.165, 1.54) is 6.92 Å². The van der Waals surface area contributed by atoms with Crippen molar-refractivity contribution >= 4 is 17.5 Å². The number of hydrogen-bond donors (Lipinski definition) is 3. The fraction of sp³-hybridized carbons (Fsp3) is 0.417. The van der Waals surface area contributed by atoms with Gasteiger partial charge in [0.15, 0.2) is 0 Å². The van der Waals surface area contributed by atoms with Gasteiger partial charge in [-0.15, -0.1) is 0 Å². The molecule has 0 saturated heterocycles. The summed E-state index contributed by atoms with van der Waals surface area (Å²) >= 11 is 5.92. The van der Waals surface area contributed by atoms with Gasteiger partial charge in [0.2, 0.25) is 5.91 Å². The number of amides is 1. The van der Waals surface area contributed by atoms with E-state index in [0.29, 0.717) is 5.02 Å². The highest BCUT2D eigenvalue weighted by atomic mass is 35.5. The first-order valence-electron chi connectivity index (χ1n) is 5.28. The van der Waals surface area contributed by atoms with Gasteiger partial charge in [-0.05, 0) is 18.6 Å². The van der Waals surface area contributed by atoms with Crippen molar-refractivity contribution in [1.29, 1.82) is 0 Å². The zero-order chi connectivity index (χ0) is 12.9. The maximum atomic E-state index is 11.6. The van der Waals surface area contributed by atoms with Crippen LogP contribution in [0.2, 0.25) is 5.02 Å². The average molecular weight is 258 g/mol. The van der Waals surface area contributed by atoms with Gasteiger partial charge in [-0.3, -0.25) is 4.79 Å². The van der Waals surface area contributed by atoms with Crippen LogP contribution in [-0.4, -0.2) is 34.9 Å². The van der Waals surface area contributed by atoms with E-state index in [2.05, 4.69) is 5.32 Å². The van der Waals surface area contributed by atoms with Crippen molar-refractivity contribution in [2.75, 3.05) is 13.2 Å². The predicted molar refractivity (Wildman–Crippen MR) is 65.9 cm³/mol. The molecule has 0 aliphatic carbocycles. The van der Waals surface area contributed by atoms with Crippen LogP contribution in [-0.2, 0) is 11.2 Å². The lowest BCUT2D eigenvalue weighted by molar-refractivity contribution is -0.121. The van der Waals surface area contributed by atoms with E-state index >= 15 is 0 Å². The Morgan fingerprint density at radius 3 is 2.71 bits per heavy atom. The van der Waals surface area contributed by atoms with Crippen LogP contribution in [0, 0.1) is 0 Å². The molecule has 1 aromatic rings. The molecule has 0 bridgehead atoms. The van der Waals surface area contributed by atoms with Crippen LogP contribution in [0.1, 0.15) is 12.5 Å². The quantitative estimate of drug-likeness (QED) is 0.729. The van der Waals surface area contributed by atoms with Crippen molar-refractivity contribution in [3.05, 3.63) is 34.9 Å². The van der Waals surface area contributed by atoms with Crippen molar-refractivity contribution in [3.8, 4) is 0 Å². The molecule has 17 heavy (non-hydrogen) atoms. The summed E-state index contributed by atoms with van der Waals surface area (Å²) in [5.74, 6) is -0.244. The van der Waals surface area contributed by atoms with Gasteiger partial charge in [0, 0.05) is 11.6 Å². The molecule has 0 heterocycles. The molecule has 3 N–H and O–H groups in total. The van der Waals surface area contributed by atoms with Crippen LogP contribution < -0.4 is 5.32 Å². The standard InChI is InChI=1S/C12H16ClNO3/c1-12(17,8-15)7-14-11(16)6-9-4-2-3-5-10(9)13/h2-5,15,17H,6-8H2,1H3,(H,14,16). The number of carbonyl (C=O) groups is 1. The summed E-state index contributed by atoms with van der Waals surface area (Å²) in [6, 6.07) is 7.08. The second-order valence-electron chi connectivity index (χ2n) is 4.20.